The van der Waals surface area contributed by atoms with E-state index in [9.17, 15) is 0 Å². The van der Waals surface area contributed by atoms with Crippen LogP contribution in [0, 0.1) is 0 Å². The molecule has 0 atom stereocenters. The molecule has 2 rings (SSSR count). The Bertz CT molecular complexity index is 748. The van der Waals surface area contributed by atoms with Crippen molar-refractivity contribution in [3.63, 3.8) is 0 Å². The van der Waals surface area contributed by atoms with Crippen LogP contribution in [0.5, 0.6) is 17.4 Å². The molecule has 0 radical (unpaired) electrons. The van der Waals surface area contributed by atoms with Gasteiger partial charge in [-0.2, -0.15) is 0 Å². The zero-order valence-corrected chi connectivity index (χ0v) is 18.1. The van der Waals surface area contributed by atoms with E-state index in [1.165, 1.54) is 0 Å². The number of hydrogen-bond donors (Lipinski definition) is 2. The molecule has 0 bridgehead atoms. The van der Waals surface area contributed by atoms with Crippen LogP contribution >= 0.6 is 24.0 Å². The van der Waals surface area contributed by atoms with Gasteiger partial charge in [-0.15, -0.1) is 24.0 Å². The van der Waals surface area contributed by atoms with Crippen molar-refractivity contribution in [2.75, 3.05) is 13.2 Å². The fourth-order valence-electron chi connectivity index (χ4n) is 2.04. The van der Waals surface area contributed by atoms with Crippen LogP contribution in [-0.4, -0.2) is 24.1 Å². The third-order valence-electron chi connectivity index (χ3n) is 3.35. The zero-order chi connectivity index (χ0) is 18.8. The van der Waals surface area contributed by atoms with Crippen LogP contribution in [0.25, 0.3) is 0 Å². The SMILES string of the molecule is C=C(C)CNC(N)=NCc1cccnc1Oc1ccc(OCCC)cc1.I. The van der Waals surface area contributed by atoms with E-state index in [1.54, 1.807) is 6.20 Å². The van der Waals surface area contributed by atoms with E-state index < -0.39 is 0 Å². The average Bonchev–Trinajstić information content (AvgIpc) is 2.65. The Labute approximate surface area is 177 Å². The van der Waals surface area contributed by atoms with Crippen LogP contribution in [0.15, 0.2) is 59.7 Å². The number of aliphatic imine (C=N–C) groups is 1. The summed E-state index contributed by atoms with van der Waals surface area (Å²) in [4.78, 5) is 8.62. The zero-order valence-electron chi connectivity index (χ0n) is 15.8. The van der Waals surface area contributed by atoms with Crippen LogP contribution in [-0.2, 0) is 6.54 Å². The first-order valence-corrected chi connectivity index (χ1v) is 8.61. The Morgan fingerprint density at radius 1 is 1.22 bits per heavy atom. The fraction of sp³-hybridized carbons (Fsp3) is 0.300. The molecule has 7 heteroatoms. The van der Waals surface area contributed by atoms with Crippen LogP contribution in [0.1, 0.15) is 25.8 Å². The van der Waals surface area contributed by atoms with E-state index in [0.717, 1.165) is 23.3 Å². The second kappa shape index (κ2) is 12.2. The molecule has 0 aliphatic rings. The number of nitrogens with one attached hydrogen (secondary N) is 1. The number of hydrogen-bond acceptors (Lipinski definition) is 4. The quantitative estimate of drug-likeness (QED) is 0.242. The van der Waals surface area contributed by atoms with E-state index in [2.05, 4.69) is 28.8 Å². The molecule has 0 aliphatic heterocycles. The first kappa shape index (κ1) is 22.8. The lowest BCUT2D eigenvalue weighted by atomic mass is 10.2. The molecule has 0 unspecified atom stereocenters. The molecule has 2 aromatic rings. The highest BCUT2D eigenvalue weighted by Gasteiger charge is 2.06. The van der Waals surface area contributed by atoms with Crippen molar-refractivity contribution < 1.29 is 9.47 Å². The Morgan fingerprint density at radius 3 is 2.59 bits per heavy atom. The summed E-state index contributed by atoms with van der Waals surface area (Å²) in [7, 11) is 0. The first-order valence-electron chi connectivity index (χ1n) is 8.61. The number of aromatic nitrogens is 1. The third-order valence-corrected chi connectivity index (χ3v) is 3.35. The van der Waals surface area contributed by atoms with Crippen molar-refractivity contribution in [2.45, 2.75) is 26.8 Å². The van der Waals surface area contributed by atoms with Crippen molar-refractivity contribution in [2.24, 2.45) is 10.7 Å². The van der Waals surface area contributed by atoms with Gasteiger partial charge in [0.1, 0.15) is 11.5 Å². The molecule has 0 spiro atoms. The molecule has 6 nitrogen and oxygen atoms in total. The smallest absolute Gasteiger partial charge is 0.224 e. The van der Waals surface area contributed by atoms with Gasteiger partial charge in [0.05, 0.1) is 13.2 Å². The van der Waals surface area contributed by atoms with Crippen LogP contribution in [0.4, 0.5) is 0 Å². The molecule has 3 N–H and O–H groups in total. The largest absolute Gasteiger partial charge is 0.494 e. The monoisotopic (exact) mass is 482 g/mol. The van der Waals surface area contributed by atoms with E-state index in [1.807, 2.05) is 43.3 Å². The molecule has 0 saturated carbocycles. The maximum Gasteiger partial charge on any atom is 0.224 e. The van der Waals surface area contributed by atoms with Crippen LogP contribution in [0.2, 0.25) is 0 Å². The summed E-state index contributed by atoms with van der Waals surface area (Å²) in [5.74, 6) is 2.37. The number of nitrogens with zero attached hydrogens (tertiary/aromatic N) is 2. The van der Waals surface area contributed by atoms with E-state index in [4.69, 9.17) is 15.2 Å². The van der Waals surface area contributed by atoms with Crippen molar-refractivity contribution in [1.82, 2.24) is 10.3 Å². The van der Waals surface area contributed by atoms with E-state index in [-0.39, 0.29) is 24.0 Å². The number of pyridine rings is 1. The van der Waals surface area contributed by atoms with Crippen LogP contribution in [0.3, 0.4) is 0 Å². The normalized spacial score (nSPS) is 10.7. The van der Waals surface area contributed by atoms with Gasteiger partial charge in [0.15, 0.2) is 5.96 Å². The fourth-order valence-corrected chi connectivity index (χ4v) is 2.04. The molecule has 0 fully saturated rings. The highest BCUT2D eigenvalue weighted by Crippen LogP contribution is 2.25. The third kappa shape index (κ3) is 8.29. The number of rotatable bonds is 9. The molecule has 0 aliphatic carbocycles. The van der Waals surface area contributed by atoms with Crippen LogP contribution < -0.4 is 20.5 Å². The molecule has 1 heterocycles. The van der Waals surface area contributed by atoms with Crippen molar-refractivity contribution in [3.8, 4) is 17.4 Å². The molecule has 0 saturated heterocycles. The standard InChI is InChI=1S/C20H26N4O2.HI/c1-4-12-25-17-7-9-18(10-8-17)26-19-16(6-5-11-22-19)14-24-20(21)23-13-15(2)3;/h5-11H,2,4,12-14H2,1,3H3,(H3,21,23,24);1H. The molecule has 0 amide bonds. The minimum atomic E-state index is 0. The first-order chi connectivity index (χ1) is 12.6. The maximum atomic E-state index is 5.89. The number of benzene rings is 1. The lowest BCUT2D eigenvalue weighted by Crippen LogP contribution is -2.32. The van der Waals surface area contributed by atoms with E-state index in [0.29, 0.717) is 37.3 Å². The second-order valence-corrected chi connectivity index (χ2v) is 5.90. The van der Waals surface area contributed by atoms with Crippen molar-refractivity contribution in [1.29, 1.82) is 0 Å². The maximum absolute atomic E-state index is 5.89. The van der Waals surface area contributed by atoms with Crippen molar-refractivity contribution >= 4 is 29.9 Å². The summed E-state index contributed by atoms with van der Waals surface area (Å²) in [5.41, 5.74) is 7.68. The summed E-state index contributed by atoms with van der Waals surface area (Å²) in [5, 5.41) is 3.00. The Morgan fingerprint density at radius 2 is 1.93 bits per heavy atom. The second-order valence-electron chi connectivity index (χ2n) is 5.90. The predicted molar refractivity (Wildman–Crippen MR) is 120 cm³/mol. The molecule has 27 heavy (non-hydrogen) atoms. The minimum Gasteiger partial charge on any atom is -0.494 e. The molecular weight excluding hydrogens is 455 g/mol. The lowest BCUT2D eigenvalue weighted by Gasteiger charge is -2.10. The highest BCUT2D eigenvalue weighted by molar-refractivity contribution is 14.0. The van der Waals surface area contributed by atoms with Gasteiger partial charge in [-0.25, -0.2) is 9.98 Å². The summed E-state index contributed by atoms with van der Waals surface area (Å²) in [6.45, 7) is 9.48. The highest BCUT2D eigenvalue weighted by atomic mass is 127. The molecule has 146 valence electrons. The van der Waals surface area contributed by atoms with Gasteiger partial charge in [-0.05, 0) is 43.7 Å². The van der Waals surface area contributed by atoms with E-state index >= 15 is 0 Å². The summed E-state index contributed by atoms with van der Waals surface area (Å²) >= 11 is 0. The van der Waals surface area contributed by atoms with Crippen molar-refractivity contribution in [3.05, 3.63) is 60.3 Å². The molecular formula is C20H27IN4O2. The van der Waals surface area contributed by atoms with Gasteiger partial charge >= 0.3 is 0 Å². The molecule has 1 aromatic heterocycles. The Balaban J connectivity index is 0.00000364. The van der Waals surface area contributed by atoms with Gasteiger partial charge in [0.2, 0.25) is 5.88 Å². The number of ether oxygens (including phenoxy) is 2. The van der Waals surface area contributed by atoms with Gasteiger partial charge in [-0.1, -0.05) is 25.1 Å². The van der Waals surface area contributed by atoms with Gasteiger partial charge in [0.25, 0.3) is 0 Å². The minimum absolute atomic E-state index is 0. The number of halogens is 1. The van der Waals surface area contributed by atoms with Gasteiger partial charge in [0, 0.05) is 18.3 Å². The van der Waals surface area contributed by atoms with Gasteiger partial charge in [-0.3, -0.25) is 0 Å². The summed E-state index contributed by atoms with van der Waals surface area (Å²) in [6.07, 6.45) is 2.66. The topological polar surface area (TPSA) is 81.8 Å². The summed E-state index contributed by atoms with van der Waals surface area (Å²) in [6, 6.07) is 11.2. The lowest BCUT2D eigenvalue weighted by molar-refractivity contribution is 0.317. The molecule has 1 aromatic carbocycles. The Hall–Kier alpha value is -2.29. The van der Waals surface area contributed by atoms with Gasteiger partial charge < -0.3 is 20.5 Å². The predicted octanol–water partition coefficient (Wildman–Crippen LogP) is 4.26. The Kier molecular flexibility index (Phi) is 10.2. The summed E-state index contributed by atoms with van der Waals surface area (Å²) < 4.78 is 11.5. The number of guanidine groups is 1. The average molecular weight is 482 g/mol. The number of nitrogens with two attached hydrogens (primary N) is 1.